The standard InChI is InChI=1S/C19H26N2O5/c1-4-11-21(12-17(23)24)19(25)15-9-10-16(22)20(2)18(15)13-5-7-14(26-3)8-6-13/h5-8,15,18H,4,9-12H2,1-3H3,(H,23,24). The molecule has 1 heterocycles. The summed E-state index contributed by atoms with van der Waals surface area (Å²) in [6, 6.07) is 6.87. The van der Waals surface area contributed by atoms with Crippen LogP contribution in [0, 0.1) is 5.92 Å². The summed E-state index contributed by atoms with van der Waals surface area (Å²) in [5.41, 5.74) is 0.839. The van der Waals surface area contributed by atoms with E-state index in [-0.39, 0.29) is 24.8 Å². The number of carboxylic acid groups (broad SMARTS) is 1. The van der Waals surface area contributed by atoms with Crippen molar-refractivity contribution in [2.75, 3.05) is 27.2 Å². The highest BCUT2D eigenvalue weighted by Gasteiger charge is 2.40. The summed E-state index contributed by atoms with van der Waals surface area (Å²) in [5, 5.41) is 9.12. The molecule has 0 aliphatic carbocycles. The number of ether oxygens (including phenoxy) is 1. The van der Waals surface area contributed by atoms with Crippen LogP contribution >= 0.6 is 0 Å². The van der Waals surface area contributed by atoms with E-state index < -0.39 is 17.9 Å². The monoisotopic (exact) mass is 362 g/mol. The molecule has 2 unspecified atom stereocenters. The van der Waals surface area contributed by atoms with Gasteiger partial charge in [0, 0.05) is 20.0 Å². The lowest BCUT2D eigenvalue weighted by Gasteiger charge is -2.40. The van der Waals surface area contributed by atoms with Gasteiger partial charge in [-0.3, -0.25) is 14.4 Å². The maximum Gasteiger partial charge on any atom is 0.323 e. The van der Waals surface area contributed by atoms with Crippen molar-refractivity contribution < 1.29 is 24.2 Å². The van der Waals surface area contributed by atoms with Crippen LogP contribution in [0.1, 0.15) is 37.8 Å². The fraction of sp³-hybridized carbons (Fsp3) is 0.526. The van der Waals surface area contributed by atoms with Crippen LogP contribution in [-0.2, 0) is 14.4 Å². The Morgan fingerprint density at radius 2 is 1.96 bits per heavy atom. The van der Waals surface area contributed by atoms with Gasteiger partial charge in [-0.1, -0.05) is 19.1 Å². The lowest BCUT2D eigenvalue weighted by Crippen LogP contribution is -2.48. The van der Waals surface area contributed by atoms with Gasteiger partial charge in [0.15, 0.2) is 0 Å². The summed E-state index contributed by atoms with van der Waals surface area (Å²) >= 11 is 0. The minimum atomic E-state index is -1.03. The normalized spacial score (nSPS) is 20.0. The Morgan fingerprint density at radius 3 is 2.50 bits per heavy atom. The Labute approximate surface area is 153 Å². The fourth-order valence-electron chi connectivity index (χ4n) is 3.49. The summed E-state index contributed by atoms with van der Waals surface area (Å²) in [5.74, 6) is -1.03. The Balaban J connectivity index is 2.34. The molecule has 7 nitrogen and oxygen atoms in total. The number of amides is 2. The largest absolute Gasteiger partial charge is 0.497 e. The maximum atomic E-state index is 13.1. The lowest BCUT2D eigenvalue weighted by atomic mass is 9.83. The second-order valence-electron chi connectivity index (χ2n) is 6.52. The predicted molar refractivity (Wildman–Crippen MR) is 95.7 cm³/mol. The summed E-state index contributed by atoms with van der Waals surface area (Å²) in [6.45, 7) is 1.96. The molecule has 0 spiro atoms. The van der Waals surface area contributed by atoms with Crippen molar-refractivity contribution in [1.82, 2.24) is 9.80 Å². The number of rotatable bonds is 7. The van der Waals surface area contributed by atoms with Gasteiger partial charge in [-0.05, 0) is 30.5 Å². The molecule has 2 amide bonds. The molecule has 26 heavy (non-hydrogen) atoms. The Morgan fingerprint density at radius 1 is 1.31 bits per heavy atom. The van der Waals surface area contributed by atoms with Crippen LogP contribution in [0.25, 0.3) is 0 Å². The topological polar surface area (TPSA) is 87.2 Å². The third-order valence-corrected chi connectivity index (χ3v) is 4.77. The SMILES string of the molecule is CCCN(CC(=O)O)C(=O)C1CCC(=O)N(C)C1c1ccc(OC)cc1. The molecular weight excluding hydrogens is 336 g/mol. The second-order valence-corrected chi connectivity index (χ2v) is 6.52. The van der Waals surface area contributed by atoms with Gasteiger partial charge in [0.25, 0.3) is 0 Å². The highest BCUT2D eigenvalue weighted by Crippen LogP contribution is 2.37. The number of carbonyl (C=O) groups excluding carboxylic acids is 2. The zero-order valence-electron chi connectivity index (χ0n) is 15.5. The number of aliphatic carboxylic acids is 1. The van der Waals surface area contributed by atoms with E-state index in [0.29, 0.717) is 25.1 Å². The number of benzene rings is 1. The number of nitrogens with zero attached hydrogens (tertiary/aromatic N) is 2. The average Bonchev–Trinajstić information content (AvgIpc) is 2.62. The van der Waals surface area contributed by atoms with E-state index in [1.807, 2.05) is 19.1 Å². The highest BCUT2D eigenvalue weighted by atomic mass is 16.5. The molecule has 1 N–H and O–H groups in total. The zero-order chi connectivity index (χ0) is 19.3. The van der Waals surface area contributed by atoms with Crippen LogP contribution in [0.3, 0.4) is 0 Å². The number of carbonyl (C=O) groups is 3. The van der Waals surface area contributed by atoms with Crippen molar-refractivity contribution in [1.29, 1.82) is 0 Å². The summed E-state index contributed by atoms with van der Waals surface area (Å²) in [4.78, 5) is 39.4. The van der Waals surface area contributed by atoms with Crippen LogP contribution in [-0.4, -0.2) is 59.9 Å². The first-order valence-electron chi connectivity index (χ1n) is 8.79. The molecule has 0 radical (unpaired) electrons. The molecule has 0 saturated carbocycles. The molecule has 1 saturated heterocycles. The molecule has 1 aliphatic rings. The fourth-order valence-corrected chi connectivity index (χ4v) is 3.49. The third-order valence-electron chi connectivity index (χ3n) is 4.77. The van der Waals surface area contributed by atoms with Crippen molar-refractivity contribution in [2.45, 2.75) is 32.2 Å². The number of methoxy groups -OCH3 is 1. The van der Waals surface area contributed by atoms with Crippen molar-refractivity contribution in [3.05, 3.63) is 29.8 Å². The second kappa shape index (κ2) is 8.69. The third kappa shape index (κ3) is 4.33. The van der Waals surface area contributed by atoms with Crippen molar-refractivity contribution in [3.8, 4) is 5.75 Å². The highest BCUT2D eigenvalue weighted by molar-refractivity contribution is 5.87. The van der Waals surface area contributed by atoms with Gasteiger partial charge < -0.3 is 19.6 Å². The molecule has 1 aliphatic heterocycles. The Bertz CT molecular complexity index is 658. The van der Waals surface area contributed by atoms with Gasteiger partial charge in [-0.2, -0.15) is 0 Å². The minimum Gasteiger partial charge on any atom is -0.497 e. The molecule has 2 rings (SSSR count). The van der Waals surface area contributed by atoms with E-state index in [1.165, 1.54) is 4.90 Å². The molecule has 142 valence electrons. The Hall–Kier alpha value is -2.57. The molecule has 1 aromatic carbocycles. The van der Waals surface area contributed by atoms with Crippen molar-refractivity contribution >= 4 is 17.8 Å². The van der Waals surface area contributed by atoms with Gasteiger partial charge in [-0.25, -0.2) is 0 Å². The first-order valence-corrected chi connectivity index (χ1v) is 8.79. The van der Waals surface area contributed by atoms with E-state index in [4.69, 9.17) is 9.84 Å². The summed E-state index contributed by atoms with van der Waals surface area (Å²) < 4.78 is 5.17. The number of piperidine rings is 1. The minimum absolute atomic E-state index is 0.0184. The van der Waals surface area contributed by atoms with Crippen molar-refractivity contribution in [3.63, 3.8) is 0 Å². The molecule has 2 atom stereocenters. The van der Waals surface area contributed by atoms with E-state index in [1.54, 1.807) is 31.2 Å². The van der Waals surface area contributed by atoms with E-state index in [0.717, 1.165) is 5.56 Å². The summed E-state index contributed by atoms with van der Waals surface area (Å²) in [6.07, 6.45) is 1.37. The first kappa shape index (κ1) is 19.8. The van der Waals surface area contributed by atoms with Gasteiger partial charge >= 0.3 is 5.97 Å². The maximum absolute atomic E-state index is 13.1. The van der Waals surface area contributed by atoms with Gasteiger partial charge in [0.1, 0.15) is 12.3 Å². The molecule has 7 heteroatoms. The van der Waals surface area contributed by atoms with Gasteiger partial charge in [0.2, 0.25) is 11.8 Å². The summed E-state index contributed by atoms with van der Waals surface area (Å²) in [7, 11) is 3.27. The zero-order valence-corrected chi connectivity index (χ0v) is 15.5. The lowest BCUT2D eigenvalue weighted by molar-refractivity contribution is -0.151. The first-order chi connectivity index (χ1) is 12.4. The van der Waals surface area contributed by atoms with Crippen LogP contribution in [0.4, 0.5) is 0 Å². The van der Waals surface area contributed by atoms with Crippen LogP contribution in [0.5, 0.6) is 5.75 Å². The van der Waals surface area contributed by atoms with E-state index in [2.05, 4.69) is 0 Å². The van der Waals surface area contributed by atoms with Crippen molar-refractivity contribution in [2.24, 2.45) is 5.92 Å². The number of hydrogen-bond acceptors (Lipinski definition) is 4. The molecule has 0 bridgehead atoms. The Kier molecular flexibility index (Phi) is 6.60. The van der Waals surface area contributed by atoms with E-state index >= 15 is 0 Å². The van der Waals surface area contributed by atoms with Crippen LogP contribution in [0.2, 0.25) is 0 Å². The number of hydrogen-bond donors (Lipinski definition) is 1. The molecule has 1 fully saturated rings. The molecule has 0 aromatic heterocycles. The molecular formula is C19H26N2O5. The van der Waals surface area contributed by atoms with Gasteiger partial charge in [0.05, 0.1) is 19.1 Å². The predicted octanol–water partition coefficient (Wildman–Crippen LogP) is 1.93. The smallest absolute Gasteiger partial charge is 0.323 e. The average molecular weight is 362 g/mol. The number of likely N-dealkylation sites (tertiary alicyclic amines) is 1. The van der Waals surface area contributed by atoms with E-state index in [9.17, 15) is 14.4 Å². The number of carboxylic acids is 1. The van der Waals surface area contributed by atoms with Gasteiger partial charge in [-0.15, -0.1) is 0 Å². The van der Waals surface area contributed by atoms with Crippen LogP contribution < -0.4 is 4.74 Å². The molecule has 1 aromatic rings. The quantitative estimate of drug-likeness (QED) is 0.801. The van der Waals surface area contributed by atoms with Crippen LogP contribution in [0.15, 0.2) is 24.3 Å².